The Kier molecular flexibility index (Phi) is 5.75. The minimum Gasteiger partial charge on any atom is -0.330 e. The summed E-state index contributed by atoms with van der Waals surface area (Å²) in [4.78, 5) is 16.3. The van der Waals surface area contributed by atoms with Crippen LogP contribution in [-0.2, 0) is 18.4 Å². The predicted octanol–water partition coefficient (Wildman–Crippen LogP) is 0.531. The fraction of sp³-hybridized carbons (Fsp3) is 0.500. The van der Waals surface area contributed by atoms with Crippen LogP contribution in [0.4, 0.5) is 0 Å². The van der Waals surface area contributed by atoms with Gasteiger partial charge in [0, 0.05) is 12.6 Å². The van der Waals surface area contributed by atoms with Crippen molar-refractivity contribution in [1.29, 1.82) is 0 Å². The van der Waals surface area contributed by atoms with Gasteiger partial charge in [-0.05, 0) is 13.8 Å². The molecule has 6 nitrogen and oxygen atoms in total. The number of amides is 1. The van der Waals surface area contributed by atoms with Gasteiger partial charge in [0.25, 0.3) is 0 Å². The SMILES string of the molecule is Cc1nnc(S[C@H](C)C(=O)N2CC[NH+](Cc3ccccc3)CC2)n1C. The van der Waals surface area contributed by atoms with Crippen molar-refractivity contribution in [3.05, 3.63) is 41.7 Å². The van der Waals surface area contributed by atoms with Gasteiger partial charge in [0.1, 0.15) is 12.4 Å². The van der Waals surface area contributed by atoms with Gasteiger partial charge in [0.2, 0.25) is 5.91 Å². The van der Waals surface area contributed by atoms with Crippen molar-refractivity contribution < 1.29 is 9.69 Å². The summed E-state index contributed by atoms with van der Waals surface area (Å²) < 4.78 is 1.93. The quantitative estimate of drug-likeness (QED) is 0.791. The van der Waals surface area contributed by atoms with Crippen LogP contribution >= 0.6 is 11.8 Å². The monoisotopic (exact) mass is 360 g/mol. The number of nitrogens with zero attached hydrogens (tertiary/aromatic N) is 4. The summed E-state index contributed by atoms with van der Waals surface area (Å²) in [6, 6.07) is 10.6. The van der Waals surface area contributed by atoms with Crippen molar-refractivity contribution in [2.24, 2.45) is 7.05 Å². The van der Waals surface area contributed by atoms with Crippen molar-refractivity contribution in [3.63, 3.8) is 0 Å². The lowest BCUT2D eigenvalue weighted by molar-refractivity contribution is -0.917. The molecule has 0 bridgehead atoms. The Morgan fingerprint density at radius 2 is 1.92 bits per heavy atom. The first-order chi connectivity index (χ1) is 12.0. The molecule has 1 amide bonds. The van der Waals surface area contributed by atoms with E-state index in [9.17, 15) is 4.79 Å². The molecule has 1 aliphatic heterocycles. The summed E-state index contributed by atoms with van der Waals surface area (Å²) >= 11 is 1.49. The maximum atomic E-state index is 12.7. The van der Waals surface area contributed by atoms with Crippen LogP contribution in [0.1, 0.15) is 18.3 Å². The van der Waals surface area contributed by atoms with Crippen molar-refractivity contribution in [2.45, 2.75) is 30.8 Å². The summed E-state index contributed by atoms with van der Waals surface area (Å²) in [6.45, 7) is 8.56. The molecule has 0 unspecified atom stereocenters. The second-order valence-electron chi connectivity index (χ2n) is 6.59. The normalized spacial score (nSPS) is 16.8. The highest BCUT2D eigenvalue weighted by molar-refractivity contribution is 8.00. The third-order valence-corrected chi connectivity index (χ3v) is 5.88. The van der Waals surface area contributed by atoms with Gasteiger partial charge in [-0.2, -0.15) is 0 Å². The Morgan fingerprint density at radius 3 is 2.52 bits per heavy atom. The van der Waals surface area contributed by atoms with E-state index in [1.165, 1.54) is 17.3 Å². The minimum atomic E-state index is -0.141. The summed E-state index contributed by atoms with van der Waals surface area (Å²) in [5, 5.41) is 8.85. The minimum absolute atomic E-state index is 0.141. The van der Waals surface area contributed by atoms with Crippen LogP contribution in [0.2, 0.25) is 0 Å². The molecule has 0 saturated carbocycles. The van der Waals surface area contributed by atoms with E-state index in [1.54, 1.807) is 4.90 Å². The molecule has 1 aliphatic rings. The number of hydrogen-bond acceptors (Lipinski definition) is 4. The average Bonchev–Trinajstić information content (AvgIpc) is 2.94. The van der Waals surface area contributed by atoms with E-state index in [0.717, 1.165) is 43.7 Å². The molecule has 1 saturated heterocycles. The molecule has 3 rings (SSSR count). The van der Waals surface area contributed by atoms with E-state index in [1.807, 2.05) is 36.4 Å². The fourth-order valence-electron chi connectivity index (χ4n) is 3.06. The maximum absolute atomic E-state index is 12.7. The molecule has 1 N–H and O–H groups in total. The third-order valence-electron chi connectivity index (χ3n) is 4.76. The summed E-state index contributed by atoms with van der Waals surface area (Å²) in [5.41, 5.74) is 1.36. The number of piperazine rings is 1. The van der Waals surface area contributed by atoms with Gasteiger partial charge in [0.15, 0.2) is 5.16 Å². The van der Waals surface area contributed by atoms with Crippen molar-refractivity contribution in [1.82, 2.24) is 19.7 Å². The Labute approximate surface area is 153 Å². The third kappa shape index (κ3) is 4.41. The molecule has 1 atom stereocenters. The largest absolute Gasteiger partial charge is 0.330 e. The molecule has 1 aromatic heterocycles. The zero-order valence-corrected chi connectivity index (χ0v) is 15.9. The number of carbonyl (C=O) groups excluding carboxylic acids is 1. The molecule has 1 fully saturated rings. The van der Waals surface area contributed by atoms with Gasteiger partial charge in [-0.15, -0.1) is 10.2 Å². The number of quaternary nitrogens is 1. The molecular formula is C18H26N5OS+. The number of hydrogen-bond donors (Lipinski definition) is 1. The van der Waals surface area contributed by atoms with Gasteiger partial charge in [-0.1, -0.05) is 42.1 Å². The van der Waals surface area contributed by atoms with Crippen LogP contribution in [0.3, 0.4) is 0 Å². The highest BCUT2D eigenvalue weighted by Crippen LogP contribution is 2.22. The van der Waals surface area contributed by atoms with Crippen LogP contribution < -0.4 is 4.90 Å². The Bertz CT molecular complexity index is 710. The van der Waals surface area contributed by atoms with Gasteiger partial charge in [0.05, 0.1) is 31.4 Å². The number of aryl methyl sites for hydroxylation is 1. The molecular weight excluding hydrogens is 334 g/mol. The molecule has 0 spiro atoms. The topological polar surface area (TPSA) is 55.5 Å². The van der Waals surface area contributed by atoms with Crippen LogP contribution in [0, 0.1) is 6.92 Å². The number of benzene rings is 1. The van der Waals surface area contributed by atoms with Crippen molar-refractivity contribution >= 4 is 17.7 Å². The van der Waals surface area contributed by atoms with Gasteiger partial charge in [-0.3, -0.25) is 4.79 Å². The van der Waals surface area contributed by atoms with E-state index < -0.39 is 0 Å². The molecule has 7 heteroatoms. The molecule has 2 heterocycles. The number of aromatic nitrogens is 3. The Hall–Kier alpha value is -1.86. The smallest absolute Gasteiger partial charge is 0.236 e. The van der Waals surface area contributed by atoms with Crippen molar-refractivity contribution in [3.8, 4) is 0 Å². The summed E-state index contributed by atoms with van der Waals surface area (Å²) in [7, 11) is 1.93. The zero-order chi connectivity index (χ0) is 17.8. The average molecular weight is 361 g/mol. The second kappa shape index (κ2) is 8.01. The first kappa shape index (κ1) is 17.9. The van der Waals surface area contributed by atoms with E-state index in [-0.39, 0.29) is 11.2 Å². The number of rotatable bonds is 5. The molecule has 0 aliphatic carbocycles. The first-order valence-corrected chi connectivity index (χ1v) is 9.61. The lowest BCUT2D eigenvalue weighted by Crippen LogP contribution is -3.13. The van der Waals surface area contributed by atoms with Gasteiger partial charge < -0.3 is 14.4 Å². The van der Waals surface area contributed by atoms with Crippen LogP contribution in [-0.4, -0.2) is 57.0 Å². The molecule has 1 aromatic carbocycles. The Balaban J connectivity index is 1.50. The molecule has 2 aromatic rings. The molecule has 0 radical (unpaired) electrons. The number of nitrogens with one attached hydrogen (secondary N) is 1. The summed E-state index contributed by atoms with van der Waals surface area (Å²) in [6.07, 6.45) is 0. The van der Waals surface area contributed by atoms with Crippen molar-refractivity contribution in [2.75, 3.05) is 26.2 Å². The molecule has 134 valence electrons. The standard InChI is InChI=1S/C18H25N5OS/c1-14(25-18-20-19-15(2)21(18)3)17(24)23-11-9-22(10-12-23)13-16-7-5-4-6-8-16/h4-8,14H,9-13H2,1-3H3/p+1/t14-/m1/s1. The van der Waals surface area contributed by atoms with Gasteiger partial charge >= 0.3 is 0 Å². The lowest BCUT2D eigenvalue weighted by atomic mass is 10.2. The van der Waals surface area contributed by atoms with E-state index in [0.29, 0.717) is 0 Å². The second-order valence-corrected chi connectivity index (χ2v) is 7.89. The fourth-order valence-corrected chi connectivity index (χ4v) is 4.00. The molecule has 25 heavy (non-hydrogen) atoms. The zero-order valence-electron chi connectivity index (χ0n) is 15.1. The van der Waals surface area contributed by atoms with Crippen LogP contribution in [0.15, 0.2) is 35.5 Å². The maximum Gasteiger partial charge on any atom is 0.236 e. The lowest BCUT2D eigenvalue weighted by Gasteiger charge is -2.33. The van der Waals surface area contributed by atoms with Gasteiger partial charge in [-0.25, -0.2) is 0 Å². The predicted molar refractivity (Wildman–Crippen MR) is 98.5 cm³/mol. The van der Waals surface area contributed by atoms with E-state index in [2.05, 4.69) is 34.5 Å². The number of thioether (sulfide) groups is 1. The first-order valence-electron chi connectivity index (χ1n) is 8.73. The highest BCUT2D eigenvalue weighted by atomic mass is 32.2. The highest BCUT2D eigenvalue weighted by Gasteiger charge is 2.28. The van der Waals surface area contributed by atoms with E-state index in [4.69, 9.17) is 0 Å². The summed E-state index contributed by atoms with van der Waals surface area (Å²) in [5.74, 6) is 1.06. The van der Waals surface area contributed by atoms with Crippen LogP contribution in [0.5, 0.6) is 0 Å². The Morgan fingerprint density at radius 1 is 1.24 bits per heavy atom. The van der Waals surface area contributed by atoms with E-state index >= 15 is 0 Å². The van der Waals surface area contributed by atoms with Crippen LogP contribution in [0.25, 0.3) is 0 Å². The number of carbonyl (C=O) groups is 1.